The Balaban J connectivity index is 0.00000512. The highest BCUT2D eigenvalue weighted by atomic mass is 35.5. The van der Waals surface area contributed by atoms with Crippen LogP contribution in [0.15, 0.2) is 24.4 Å². The Morgan fingerprint density at radius 3 is 2.56 bits per heavy atom. The van der Waals surface area contributed by atoms with Gasteiger partial charge in [0.25, 0.3) is 0 Å². The van der Waals surface area contributed by atoms with Crippen LogP contribution < -0.4 is 15.8 Å². The fourth-order valence-electron chi connectivity index (χ4n) is 3.22. The number of benzene rings is 1. The molecule has 1 aromatic carbocycles. The minimum atomic E-state index is -0.819. The van der Waals surface area contributed by atoms with Gasteiger partial charge in [-0.1, -0.05) is 6.07 Å². The van der Waals surface area contributed by atoms with Crippen molar-refractivity contribution in [1.29, 1.82) is 0 Å². The number of fused-ring (bicyclic) bond motifs is 1. The van der Waals surface area contributed by atoms with E-state index < -0.39 is 23.7 Å². The molecule has 2 rings (SSSR count). The summed E-state index contributed by atoms with van der Waals surface area (Å²) in [5.74, 6) is -0.0394. The van der Waals surface area contributed by atoms with E-state index >= 15 is 0 Å². The van der Waals surface area contributed by atoms with Crippen molar-refractivity contribution in [2.75, 3.05) is 27.2 Å². The molecular formula is C23H37ClN4O4. The number of halogens is 1. The predicted molar refractivity (Wildman–Crippen MR) is 130 cm³/mol. The molecule has 1 amide bonds. The van der Waals surface area contributed by atoms with Crippen molar-refractivity contribution in [3.8, 4) is 5.75 Å². The molecule has 4 N–H and O–H groups in total. The maximum Gasteiger partial charge on any atom is 0.408 e. The number of ether oxygens (including phenoxy) is 2. The molecule has 8 nitrogen and oxygen atoms in total. The number of rotatable bonds is 10. The second kappa shape index (κ2) is 12.7. The van der Waals surface area contributed by atoms with E-state index in [-0.39, 0.29) is 12.4 Å². The molecule has 0 fully saturated rings. The van der Waals surface area contributed by atoms with Crippen molar-refractivity contribution in [2.45, 2.75) is 58.1 Å². The van der Waals surface area contributed by atoms with Gasteiger partial charge in [0.15, 0.2) is 0 Å². The monoisotopic (exact) mass is 468 g/mol. The number of nitrogens with two attached hydrogens (primary N) is 1. The van der Waals surface area contributed by atoms with Crippen LogP contribution in [0, 0.1) is 0 Å². The number of nitrogens with one attached hydrogen (secondary N) is 2. The third-order valence-corrected chi connectivity index (χ3v) is 4.71. The number of hydrogen-bond acceptors (Lipinski definition) is 6. The van der Waals surface area contributed by atoms with Gasteiger partial charge >= 0.3 is 12.1 Å². The third-order valence-electron chi connectivity index (χ3n) is 4.71. The topological polar surface area (TPSA) is 110 Å². The Kier molecular flexibility index (Phi) is 11.0. The largest absolute Gasteiger partial charge is 0.444 e. The first kappa shape index (κ1) is 27.7. The lowest BCUT2D eigenvalue weighted by molar-refractivity contribution is -0.136. The van der Waals surface area contributed by atoms with Gasteiger partial charge in [0.2, 0.25) is 0 Å². The number of H-pyrrole nitrogens is 1. The average molecular weight is 469 g/mol. The van der Waals surface area contributed by atoms with E-state index in [4.69, 9.17) is 15.2 Å². The van der Waals surface area contributed by atoms with Gasteiger partial charge < -0.3 is 30.4 Å². The SMILES string of the molecule is CN(C)CCc1c[nH]c2cccc(OC(=O)C(CCCCN)NC(=O)OC(C)(C)C)c12.Cl. The lowest BCUT2D eigenvalue weighted by Crippen LogP contribution is -2.45. The van der Waals surface area contributed by atoms with Crippen LogP contribution in [0.5, 0.6) is 5.75 Å². The zero-order valence-corrected chi connectivity index (χ0v) is 20.5. The standard InChI is InChI=1S/C23H36N4O4.ClH/c1-23(2,3)31-22(29)26-18(9-6-7-13-24)21(28)30-19-11-8-10-17-20(19)16(15-25-17)12-14-27(4)5;/h8,10-11,15,18,25H,6-7,9,12-14,24H2,1-5H3,(H,26,29);1H. The van der Waals surface area contributed by atoms with E-state index in [1.165, 1.54) is 0 Å². The summed E-state index contributed by atoms with van der Waals surface area (Å²) in [6, 6.07) is 4.74. The molecule has 0 aliphatic heterocycles. The molecule has 9 heteroatoms. The van der Waals surface area contributed by atoms with Crippen LogP contribution in [-0.4, -0.2) is 60.8 Å². The van der Waals surface area contributed by atoms with Crippen molar-refractivity contribution < 1.29 is 19.1 Å². The second-order valence-corrected chi connectivity index (χ2v) is 8.95. The van der Waals surface area contributed by atoms with Crippen LogP contribution in [0.2, 0.25) is 0 Å². The summed E-state index contributed by atoms with van der Waals surface area (Å²) in [5.41, 5.74) is 6.90. The van der Waals surface area contributed by atoms with Gasteiger partial charge in [-0.15, -0.1) is 12.4 Å². The number of esters is 1. The van der Waals surface area contributed by atoms with Gasteiger partial charge in [-0.25, -0.2) is 9.59 Å². The van der Waals surface area contributed by atoms with E-state index in [2.05, 4.69) is 15.2 Å². The predicted octanol–water partition coefficient (Wildman–Crippen LogP) is 3.62. The van der Waals surface area contributed by atoms with E-state index in [1.807, 2.05) is 32.4 Å². The zero-order valence-electron chi connectivity index (χ0n) is 19.7. The van der Waals surface area contributed by atoms with Crippen molar-refractivity contribution in [3.63, 3.8) is 0 Å². The maximum atomic E-state index is 13.0. The first-order chi connectivity index (χ1) is 14.6. The molecule has 0 saturated heterocycles. The van der Waals surface area contributed by atoms with E-state index in [9.17, 15) is 9.59 Å². The van der Waals surface area contributed by atoms with E-state index in [1.54, 1.807) is 26.8 Å². The minimum absolute atomic E-state index is 0. The van der Waals surface area contributed by atoms with Crippen LogP contribution in [0.3, 0.4) is 0 Å². The molecule has 0 radical (unpaired) electrons. The zero-order chi connectivity index (χ0) is 23.0. The van der Waals surface area contributed by atoms with Gasteiger partial charge in [0.05, 0.1) is 0 Å². The number of carbonyl (C=O) groups excluding carboxylic acids is 2. The summed E-state index contributed by atoms with van der Waals surface area (Å²) in [7, 11) is 4.04. The number of amides is 1. The fourth-order valence-corrected chi connectivity index (χ4v) is 3.22. The van der Waals surface area contributed by atoms with Gasteiger partial charge in [-0.05, 0) is 84.8 Å². The summed E-state index contributed by atoms with van der Waals surface area (Å²) < 4.78 is 11.1. The highest BCUT2D eigenvalue weighted by Gasteiger charge is 2.26. The number of aromatic amines is 1. The normalized spacial score (nSPS) is 12.3. The van der Waals surface area contributed by atoms with Crippen LogP contribution in [0.4, 0.5) is 4.79 Å². The molecule has 180 valence electrons. The molecule has 0 bridgehead atoms. The van der Waals surface area contributed by atoms with E-state index in [0.717, 1.165) is 35.9 Å². The average Bonchev–Trinajstić information content (AvgIpc) is 3.08. The molecular weight excluding hydrogens is 432 g/mol. The Labute approximate surface area is 196 Å². The Morgan fingerprint density at radius 1 is 1.22 bits per heavy atom. The number of hydrogen-bond donors (Lipinski definition) is 3. The number of unbranched alkanes of at least 4 members (excludes halogenated alkanes) is 1. The summed E-state index contributed by atoms with van der Waals surface area (Å²) in [6.45, 7) is 6.71. The first-order valence-corrected chi connectivity index (χ1v) is 10.8. The van der Waals surface area contributed by atoms with Gasteiger partial charge in [-0.2, -0.15) is 0 Å². The van der Waals surface area contributed by atoms with E-state index in [0.29, 0.717) is 25.1 Å². The second-order valence-electron chi connectivity index (χ2n) is 8.95. The van der Waals surface area contributed by atoms with Crippen molar-refractivity contribution >= 4 is 35.4 Å². The Hall–Kier alpha value is -2.29. The first-order valence-electron chi connectivity index (χ1n) is 10.8. The molecule has 0 aliphatic rings. The summed E-state index contributed by atoms with van der Waals surface area (Å²) in [6.07, 6.45) is 3.98. The van der Waals surface area contributed by atoms with Crippen molar-refractivity contribution in [3.05, 3.63) is 30.0 Å². The molecule has 2 aromatic rings. The molecule has 1 aromatic heterocycles. The maximum absolute atomic E-state index is 13.0. The van der Waals surface area contributed by atoms with Crippen molar-refractivity contribution in [2.24, 2.45) is 5.73 Å². The number of aromatic nitrogens is 1. The van der Waals surface area contributed by atoms with Gasteiger partial charge in [-0.3, -0.25) is 0 Å². The van der Waals surface area contributed by atoms with Crippen LogP contribution in [-0.2, 0) is 16.0 Å². The highest BCUT2D eigenvalue weighted by molar-refractivity contribution is 5.92. The summed E-state index contributed by atoms with van der Waals surface area (Å²) >= 11 is 0. The van der Waals surface area contributed by atoms with Crippen LogP contribution in [0.25, 0.3) is 10.9 Å². The van der Waals surface area contributed by atoms with Crippen LogP contribution in [0.1, 0.15) is 45.6 Å². The van der Waals surface area contributed by atoms with Gasteiger partial charge in [0.1, 0.15) is 17.4 Å². The number of carbonyl (C=O) groups is 2. The molecule has 0 aliphatic carbocycles. The molecule has 1 unspecified atom stereocenters. The lowest BCUT2D eigenvalue weighted by Gasteiger charge is -2.23. The lowest BCUT2D eigenvalue weighted by atomic mass is 10.1. The smallest absolute Gasteiger partial charge is 0.408 e. The summed E-state index contributed by atoms with van der Waals surface area (Å²) in [5, 5.41) is 3.54. The fraction of sp³-hybridized carbons (Fsp3) is 0.565. The van der Waals surface area contributed by atoms with Crippen LogP contribution >= 0.6 is 12.4 Å². The highest BCUT2D eigenvalue weighted by Crippen LogP contribution is 2.29. The minimum Gasteiger partial charge on any atom is -0.444 e. The Morgan fingerprint density at radius 2 is 1.94 bits per heavy atom. The molecule has 32 heavy (non-hydrogen) atoms. The summed E-state index contributed by atoms with van der Waals surface area (Å²) in [4.78, 5) is 30.6. The third kappa shape index (κ3) is 8.68. The van der Waals surface area contributed by atoms with Gasteiger partial charge in [0, 0.05) is 23.6 Å². The number of nitrogens with zero attached hydrogens (tertiary/aromatic N) is 1. The van der Waals surface area contributed by atoms with Crippen molar-refractivity contribution in [1.82, 2.24) is 15.2 Å². The number of likely N-dealkylation sites (N-methyl/N-ethyl adjacent to an activating group) is 1. The number of alkyl carbamates (subject to hydrolysis) is 1. The molecule has 1 atom stereocenters. The molecule has 0 saturated carbocycles. The Bertz CT molecular complexity index is 876. The molecule has 0 spiro atoms. The quantitative estimate of drug-likeness (QED) is 0.279. The molecule has 1 heterocycles.